The van der Waals surface area contributed by atoms with Crippen LogP contribution in [0.25, 0.3) is 0 Å². The van der Waals surface area contributed by atoms with Gasteiger partial charge >= 0.3 is 0 Å². The maximum atomic E-state index is 8.76. The Morgan fingerprint density at radius 2 is 2.22 bits per heavy atom. The van der Waals surface area contributed by atoms with E-state index in [1.165, 1.54) is 11.3 Å². The molecule has 0 saturated heterocycles. The first-order valence-corrected chi connectivity index (χ1v) is 7.27. The van der Waals surface area contributed by atoms with Crippen LogP contribution in [0.2, 0.25) is 5.02 Å². The van der Waals surface area contributed by atoms with E-state index in [0.717, 1.165) is 30.5 Å². The third-order valence-corrected chi connectivity index (χ3v) is 4.53. The second-order valence-electron chi connectivity index (χ2n) is 3.81. The van der Waals surface area contributed by atoms with Gasteiger partial charge in [0.2, 0.25) is 0 Å². The van der Waals surface area contributed by atoms with Crippen LogP contribution in [0.5, 0.6) is 0 Å². The number of benzene rings is 1. The number of nitriles is 1. The van der Waals surface area contributed by atoms with E-state index in [9.17, 15) is 0 Å². The standard InChI is InChI=1S/C13H10BrClN2S/c1-8-4-11(14)13(5-12(8)15)17-7-10-3-2-9(6-16)18-10/h2-5,17H,7H2,1H3. The lowest BCUT2D eigenvalue weighted by atomic mass is 10.2. The quantitative estimate of drug-likeness (QED) is 0.856. The van der Waals surface area contributed by atoms with Crippen LogP contribution in [0.4, 0.5) is 5.69 Å². The Morgan fingerprint density at radius 3 is 2.89 bits per heavy atom. The molecule has 0 aliphatic carbocycles. The zero-order valence-corrected chi connectivity index (χ0v) is 12.8. The monoisotopic (exact) mass is 340 g/mol. The van der Waals surface area contributed by atoms with Crippen LogP contribution in [-0.4, -0.2) is 0 Å². The Labute approximate surface area is 123 Å². The van der Waals surface area contributed by atoms with Crippen LogP contribution in [0, 0.1) is 18.3 Å². The summed E-state index contributed by atoms with van der Waals surface area (Å²) in [5.41, 5.74) is 1.99. The molecule has 0 bridgehead atoms. The maximum absolute atomic E-state index is 8.76. The summed E-state index contributed by atoms with van der Waals surface area (Å²) in [6.07, 6.45) is 0. The summed E-state index contributed by atoms with van der Waals surface area (Å²) < 4.78 is 0.987. The van der Waals surface area contributed by atoms with Crippen LogP contribution in [0.3, 0.4) is 0 Å². The van der Waals surface area contributed by atoms with Gasteiger partial charge in [-0.2, -0.15) is 5.26 Å². The normalized spacial score (nSPS) is 10.1. The molecule has 0 saturated carbocycles. The van der Waals surface area contributed by atoms with Crippen molar-refractivity contribution in [1.29, 1.82) is 5.26 Å². The summed E-state index contributed by atoms with van der Waals surface area (Å²) >= 11 is 11.1. The van der Waals surface area contributed by atoms with Gasteiger partial charge in [-0.25, -0.2) is 0 Å². The summed E-state index contributed by atoms with van der Waals surface area (Å²) in [5, 5.41) is 12.8. The van der Waals surface area contributed by atoms with Crippen molar-refractivity contribution in [2.24, 2.45) is 0 Å². The largest absolute Gasteiger partial charge is 0.379 e. The van der Waals surface area contributed by atoms with Crippen LogP contribution < -0.4 is 5.32 Å². The van der Waals surface area contributed by atoms with Crippen molar-refractivity contribution in [1.82, 2.24) is 0 Å². The molecule has 0 aliphatic rings. The van der Waals surface area contributed by atoms with E-state index in [1.54, 1.807) is 0 Å². The Bertz CT molecular complexity index is 616. The van der Waals surface area contributed by atoms with Crippen molar-refractivity contribution < 1.29 is 0 Å². The van der Waals surface area contributed by atoms with Gasteiger partial charge in [0.05, 0.1) is 5.69 Å². The molecule has 0 unspecified atom stereocenters. The molecule has 1 heterocycles. The molecular weight excluding hydrogens is 332 g/mol. The molecule has 1 N–H and O–H groups in total. The van der Waals surface area contributed by atoms with Crippen molar-refractivity contribution in [2.75, 3.05) is 5.32 Å². The Morgan fingerprint density at radius 1 is 1.44 bits per heavy atom. The van der Waals surface area contributed by atoms with Crippen molar-refractivity contribution in [3.63, 3.8) is 0 Å². The molecule has 5 heteroatoms. The number of rotatable bonds is 3. The molecule has 0 aliphatic heterocycles. The summed E-state index contributed by atoms with van der Waals surface area (Å²) in [6, 6.07) is 9.81. The summed E-state index contributed by atoms with van der Waals surface area (Å²) in [6.45, 7) is 2.65. The number of nitrogens with one attached hydrogen (secondary N) is 1. The fraction of sp³-hybridized carbons (Fsp3) is 0.154. The number of hydrogen-bond acceptors (Lipinski definition) is 3. The minimum absolute atomic E-state index is 0.685. The summed E-state index contributed by atoms with van der Waals surface area (Å²) in [7, 11) is 0. The van der Waals surface area contributed by atoms with Crippen molar-refractivity contribution in [3.05, 3.63) is 49.1 Å². The average Bonchev–Trinajstić information content (AvgIpc) is 2.80. The van der Waals surface area contributed by atoms with Crippen LogP contribution in [0.15, 0.2) is 28.7 Å². The number of hydrogen-bond donors (Lipinski definition) is 1. The molecule has 2 aromatic rings. The molecule has 0 spiro atoms. The third kappa shape index (κ3) is 3.05. The third-order valence-electron chi connectivity index (χ3n) is 2.47. The van der Waals surface area contributed by atoms with Gasteiger partial charge in [-0.1, -0.05) is 11.6 Å². The van der Waals surface area contributed by atoms with Gasteiger partial charge in [0.1, 0.15) is 10.9 Å². The fourth-order valence-corrected chi connectivity index (χ4v) is 3.00. The number of nitrogens with zero attached hydrogens (tertiary/aromatic N) is 1. The molecule has 2 rings (SSSR count). The SMILES string of the molecule is Cc1cc(Br)c(NCc2ccc(C#N)s2)cc1Cl. The number of anilines is 1. The first kappa shape index (κ1) is 13.4. The minimum atomic E-state index is 0.685. The van der Waals surface area contributed by atoms with E-state index in [0.29, 0.717) is 6.54 Å². The van der Waals surface area contributed by atoms with Gasteiger partial charge in [0, 0.05) is 20.9 Å². The molecular formula is C13H10BrClN2S. The topological polar surface area (TPSA) is 35.8 Å². The molecule has 92 valence electrons. The Hall–Kier alpha value is -1.02. The van der Waals surface area contributed by atoms with Crippen LogP contribution >= 0.6 is 38.9 Å². The van der Waals surface area contributed by atoms with E-state index < -0.39 is 0 Å². The maximum Gasteiger partial charge on any atom is 0.110 e. The average molecular weight is 342 g/mol. The number of aryl methyl sites for hydroxylation is 1. The van der Waals surface area contributed by atoms with Gasteiger partial charge in [0.25, 0.3) is 0 Å². The molecule has 0 atom stereocenters. The molecule has 0 fully saturated rings. The highest BCUT2D eigenvalue weighted by Gasteiger charge is 2.05. The highest BCUT2D eigenvalue weighted by Crippen LogP contribution is 2.29. The van der Waals surface area contributed by atoms with Crippen molar-refractivity contribution in [3.8, 4) is 6.07 Å². The first-order chi connectivity index (χ1) is 8.60. The highest BCUT2D eigenvalue weighted by molar-refractivity contribution is 9.10. The van der Waals surface area contributed by atoms with Crippen LogP contribution in [0.1, 0.15) is 15.3 Å². The molecule has 2 nitrogen and oxygen atoms in total. The lowest BCUT2D eigenvalue weighted by Gasteiger charge is -2.09. The van der Waals surface area contributed by atoms with E-state index in [2.05, 4.69) is 27.3 Å². The van der Waals surface area contributed by atoms with Gasteiger partial charge in [-0.3, -0.25) is 0 Å². The minimum Gasteiger partial charge on any atom is -0.379 e. The van der Waals surface area contributed by atoms with E-state index in [1.807, 2.05) is 31.2 Å². The second kappa shape index (κ2) is 5.75. The molecule has 1 aromatic heterocycles. The summed E-state index contributed by atoms with van der Waals surface area (Å²) in [5.74, 6) is 0. The Balaban J connectivity index is 2.11. The zero-order chi connectivity index (χ0) is 13.1. The molecule has 18 heavy (non-hydrogen) atoms. The van der Waals surface area contributed by atoms with E-state index in [4.69, 9.17) is 16.9 Å². The lowest BCUT2D eigenvalue weighted by Crippen LogP contribution is -1.98. The zero-order valence-electron chi connectivity index (χ0n) is 9.63. The van der Waals surface area contributed by atoms with E-state index in [-0.39, 0.29) is 0 Å². The van der Waals surface area contributed by atoms with Crippen molar-refractivity contribution >= 4 is 44.6 Å². The smallest absolute Gasteiger partial charge is 0.110 e. The molecule has 0 amide bonds. The van der Waals surface area contributed by atoms with E-state index >= 15 is 0 Å². The van der Waals surface area contributed by atoms with Gasteiger partial charge in [-0.15, -0.1) is 11.3 Å². The van der Waals surface area contributed by atoms with Gasteiger partial charge < -0.3 is 5.32 Å². The fourth-order valence-electron chi connectivity index (χ4n) is 1.50. The number of halogens is 2. The first-order valence-electron chi connectivity index (χ1n) is 5.28. The predicted molar refractivity (Wildman–Crippen MR) is 80.2 cm³/mol. The second-order valence-corrected chi connectivity index (χ2v) is 6.24. The van der Waals surface area contributed by atoms with Gasteiger partial charge in [-0.05, 0) is 52.7 Å². The summed E-state index contributed by atoms with van der Waals surface area (Å²) in [4.78, 5) is 1.85. The molecule has 1 aromatic carbocycles. The van der Waals surface area contributed by atoms with Gasteiger partial charge in [0.15, 0.2) is 0 Å². The predicted octanol–water partition coefficient (Wildman–Crippen LogP) is 4.96. The highest BCUT2D eigenvalue weighted by atomic mass is 79.9. The lowest BCUT2D eigenvalue weighted by molar-refractivity contribution is 1.19. The number of thiophene rings is 1. The molecule has 0 radical (unpaired) electrons. The van der Waals surface area contributed by atoms with Crippen LogP contribution in [-0.2, 0) is 6.54 Å². The van der Waals surface area contributed by atoms with Crippen molar-refractivity contribution in [2.45, 2.75) is 13.5 Å². The Kier molecular flexibility index (Phi) is 4.28.